The normalized spacial score (nSPS) is 11.1. The van der Waals surface area contributed by atoms with Gasteiger partial charge in [0, 0.05) is 12.6 Å². The molecule has 4 heteroatoms. The molecular weight excluding hydrogens is 178 g/mol. The highest BCUT2D eigenvalue weighted by Crippen LogP contribution is 2.10. The Hall–Kier alpha value is -1.97. The highest BCUT2D eigenvalue weighted by Gasteiger charge is 1.95. The third kappa shape index (κ3) is 1.69. The third-order valence-electron chi connectivity index (χ3n) is 1.85. The maximum atomic E-state index is 10.1. The van der Waals surface area contributed by atoms with Crippen LogP contribution in [0.4, 0.5) is 0 Å². The molecule has 0 bridgehead atoms. The van der Waals surface area contributed by atoms with Crippen molar-refractivity contribution in [2.75, 3.05) is 0 Å². The van der Waals surface area contributed by atoms with Crippen molar-refractivity contribution < 1.29 is 4.79 Å². The van der Waals surface area contributed by atoms with Crippen molar-refractivity contribution in [3.8, 4) is 0 Å². The number of hydrogen-bond donors (Lipinski definition) is 1. The second-order valence-electron chi connectivity index (χ2n) is 2.88. The number of nitrogens with zero attached hydrogens (tertiary/aromatic N) is 2. The molecule has 14 heavy (non-hydrogen) atoms. The molecule has 2 aromatic heterocycles. The van der Waals surface area contributed by atoms with Gasteiger partial charge in [-0.1, -0.05) is 12.2 Å². The number of aromatic nitrogens is 3. The Bertz CT molecular complexity index is 473. The van der Waals surface area contributed by atoms with Crippen molar-refractivity contribution in [2.45, 2.75) is 6.42 Å². The number of rotatable bonds is 3. The Balaban J connectivity index is 2.29. The van der Waals surface area contributed by atoms with Gasteiger partial charge in [-0.25, -0.2) is 0 Å². The van der Waals surface area contributed by atoms with Crippen LogP contribution in [-0.2, 0) is 4.79 Å². The van der Waals surface area contributed by atoms with Gasteiger partial charge in [0.15, 0.2) is 0 Å². The van der Waals surface area contributed by atoms with Gasteiger partial charge in [-0.2, -0.15) is 5.10 Å². The van der Waals surface area contributed by atoms with Crippen LogP contribution in [0.5, 0.6) is 0 Å². The van der Waals surface area contributed by atoms with Crippen LogP contribution >= 0.6 is 0 Å². The van der Waals surface area contributed by atoms with Crippen LogP contribution in [-0.4, -0.2) is 21.5 Å². The number of nitrogens with one attached hydrogen (secondary N) is 1. The van der Waals surface area contributed by atoms with Crippen molar-refractivity contribution in [1.29, 1.82) is 0 Å². The first kappa shape index (κ1) is 8.62. The van der Waals surface area contributed by atoms with Crippen LogP contribution in [0.2, 0.25) is 0 Å². The fourth-order valence-corrected chi connectivity index (χ4v) is 1.20. The van der Waals surface area contributed by atoms with Gasteiger partial charge in [-0.3, -0.25) is 10.1 Å². The molecule has 2 rings (SSSR count). The summed E-state index contributed by atoms with van der Waals surface area (Å²) in [6.45, 7) is 0. The lowest BCUT2D eigenvalue weighted by Crippen LogP contribution is -1.78. The molecule has 2 heterocycles. The molecule has 0 fully saturated rings. The summed E-state index contributed by atoms with van der Waals surface area (Å²) in [6.07, 6.45) is 8.38. The summed E-state index contributed by atoms with van der Waals surface area (Å²) in [5, 5.41) is 6.71. The summed E-state index contributed by atoms with van der Waals surface area (Å²) in [5.41, 5.74) is 2.71. The molecule has 0 atom stereocenters. The number of aldehydes is 1. The summed E-state index contributed by atoms with van der Waals surface area (Å²) in [5.74, 6) is 0. The fraction of sp³-hybridized carbons (Fsp3) is 0.100. The quantitative estimate of drug-likeness (QED) is 0.742. The van der Waals surface area contributed by atoms with E-state index in [1.54, 1.807) is 18.5 Å². The van der Waals surface area contributed by atoms with Crippen molar-refractivity contribution in [2.24, 2.45) is 0 Å². The second kappa shape index (κ2) is 3.83. The van der Waals surface area contributed by atoms with E-state index in [2.05, 4.69) is 15.2 Å². The second-order valence-corrected chi connectivity index (χ2v) is 2.88. The minimum Gasteiger partial charge on any atom is -0.303 e. The number of aromatic amines is 1. The highest BCUT2D eigenvalue weighted by atomic mass is 16.1. The molecular formula is C10H9N3O. The minimum absolute atomic E-state index is 0.432. The number of carbonyl (C=O) groups excluding carboxylic acids is 1. The Morgan fingerprint density at radius 2 is 2.36 bits per heavy atom. The average molecular weight is 187 g/mol. The lowest BCUT2D eigenvalue weighted by molar-refractivity contribution is -0.107. The SMILES string of the molecule is O=CCC=Cc1cnc2cn[nH]c2c1. The molecule has 0 saturated carbocycles. The van der Waals surface area contributed by atoms with Crippen LogP contribution in [0.3, 0.4) is 0 Å². The van der Waals surface area contributed by atoms with Crippen LogP contribution in [0.1, 0.15) is 12.0 Å². The van der Waals surface area contributed by atoms with Gasteiger partial charge in [0.2, 0.25) is 0 Å². The maximum Gasteiger partial charge on any atom is 0.123 e. The van der Waals surface area contributed by atoms with Crippen molar-refractivity contribution in [3.63, 3.8) is 0 Å². The monoisotopic (exact) mass is 187 g/mol. The van der Waals surface area contributed by atoms with Crippen molar-refractivity contribution >= 4 is 23.4 Å². The molecule has 70 valence electrons. The van der Waals surface area contributed by atoms with Crippen LogP contribution < -0.4 is 0 Å². The van der Waals surface area contributed by atoms with E-state index in [0.29, 0.717) is 6.42 Å². The van der Waals surface area contributed by atoms with Crippen molar-refractivity contribution in [3.05, 3.63) is 30.1 Å². The smallest absolute Gasteiger partial charge is 0.123 e. The van der Waals surface area contributed by atoms with E-state index in [4.69, 9.17) is 0 Å². The summed E-state index contributed by atoms with van der Waals surface area (Å²) in [4.78, 5) is 14.3. The Kier molecular flexibility index (Phi) is 2.36. The molecule has 2 aromatic rings. The zero-order valence-corrected chi connectivity index (χ0v) is 7.47. The summed E-state index contributed by atoms with van der Waals surface area (Å²) in [7, 11) is 0. The van der Waals surface area contributed by atoms with Gasteiger partial charge in [0.05, 0.1) is 11.7 Å². The van der Waals surface area contributed by atoms with E-state index in [1.165, 1.54) is 0 Å². The highest BCUT2D eigenvalue weighted by molar-refractivity contribution is 5.75. The fourth-order valence-electron chi connectivity index (χ4n) is 1.20. The maximum absolute atomic E-state index is 10.1. The van der Waals surface area contributed by atoms with Crippen molar-refractivity contribution in [1.82, 2.24) is 15.2 Å². The molecule has 0 aliphatic rings. The summed E-state index contributed by atoms with van der Waals surface area (Å²) in [6, 6.07) is 1.94. The van der Waals surface area contributed by atoms with Gasteiger partial charge in [-0.05, 0) is 11.6 Å². The average Bonchev–Trinajstić information content (AvgIpc) is 2.65. The predicted octanol–water partition coefficient (Wildman–Crippen LogP) is 1.56. The third-order valence-corrected chi connectivity index (χ3v) is 1.85. The zero-order chi connectivity index (χ0) is 9.80. The first-order valence-electron chi connectivity index (χ1n) is 4.29. The van der Waals surface area contributed by atoms with Gasteiger partial charge in [-0.15, -0.1) is 0 Å². The van der Waals surface area contributed by atoms with Crippen LogP contribution in [0, 0.1) is 0 Å². The zero-order valence-electron chi connectivity index (χ0n) is 7.47. The minimum atomic E-state index is 0.432. The van der Waals surface area contributed by atoms with Gasteiger partial charge in [0.25, 0.3) is 0 Å². The molecule has 0 unspecified atom stereocenters. The number of H-pyrrole nitrogens is 1. The standard InChI is InChI=1S/C10H9N3O/c14-4-2-1-3-8-5-9-10(11-6-8)7-12-13-9/h1,3-7H,2H2,(H,12,13). The topological polar surface area (TPSA) is 58.6 Å². The molecule has 0 aliphatic carbocycles. The number of hydrogen-bond acceptors (Lipinski definition) is 3. The molecule has 0 aromatic carbocycles. The molecule has 0 radical (unpaired) electrons. The largest absolute Gasteiger partial charge is 0.303 e. The molecule has 0 saturated heterocycles. The molecule has 1 N–H and O–H groups in total. The summed E-state index contributed by atoms with van der Waals surface area (Å²) >= 11 is 0. The van der Waals surface area contributed by atoms with Gasteiger partial charge >= 0.3 is 0 Å². The molecule has 4 nitrogen and oxygen atoms in total. The molecule has 0 amide bonds. The van der Waals surface area contributed by atoms with E-state index >= 15 is 0 Å². The summed E-state index contributed by atoms with van der Waals surface area (Å²) < 4.78 is 0. The number of fused-ring (bicyclic) bond motifs is 1. The van der Waals surface area contributed by atoms with E-state index < -0.39 is 0 Å². The van der Waals surface area contributed by atoms with E-state index in [-0.39, 0.29) is 0 Å². The van der Waals surface area contributed by atoms with Gasteiger partial charge < -0.3 is 4.79 Å². The first-order valence-corrected chi connectivity index (χ1v) is 4.29. The van der Waals surface area contributed by atoms with E-state index in [1.807, 2.05) is 12.1 Å². The van der Waals surface area contributed by atoms with E-state index in [0.717, 1.165) is 22.9 Å². The predicted molar refractivity (Wildman–Crippen MR) is 53.6 cm³/mol. The van der Waals surface area contributed by atoms with Gasteiger partial charge in [0.1, 0.15) is 11.8 Å². The molecule has 0 spiro atoms. The van der Waals surface area contributed by atoms with E-state index in [9.17, 15) is 4.79 Å². The van der Waals surface area contributed by atoms with Crippen LogP contribution in [0.25, 0.3) is 17.1 Å². The Morgan fingerprint density at radius 3 is 3.21 bits per heavy atom. The number of pyridine rings is 1. The first-order chi connectivity index (χ1) is 6.90. The Labute approximate surface area is 80.7 Å². The Morgan fingerprint density at radius 1 is 1.43 bits per heavy atom. The lowest BCUT2D eigenvalue weighted by Gasteiger charge is -1.91. The number of carbonyl (C=O) groups is 1. The number of allylic oxidation sites excluding steroid dienone is 1. The van der Waals surface area contributed by atoms with Crippen LogP contribution in [0.15, 0.2) is 24.5 Å². The molecule has 0 aliphatic heterocycles. The lowest BCUT2D eigenvalue weighted by atomic mass is 10.2.